The maximum absolute atomic E-state index is 8.94. The Labute approximate surface area is 150 Å². The van der Waals surface area contributed by atoms with Crippen molar-refractivity contribution >= 4 is 0 Å². The summed E-state index contributed by atoms with van der Waals surface area (Å²) in [6, 6.07) is 13.5. The zero-order valence-corrected chi connectivity index (χ0v) is 15.6. The van der Waals surface area contributed by atoms with E-state index in [1.165, 1.54) is 5.56 Å². The van der Waals surface area contributed by atoms with Gasteiger partial charge in [-0.1, -0.05) is 32.9 Å². The van der Waals surface area contributed by atoms with Gasteiger partial charge in [-0.15, -0.1) is 0 Å². The van der Waals surface area contributed by atoms with Gasteiger partial charge in [-0.25, -0.2) is 0 Å². The number of hydrogen-bond acceptors (Lipinski definition) is 4. The number of nitriles is 1. The molecule has 0 atom stereocenters. The summed E-state index contributed by atoms with van der Waals surface area (Å²) in [6.07, 6.45) is 0. The highest BCUT2D eigenvalue weighted by Crippen LogP contribution is 2.32. The Morgan fingerprint density at radius 1 is 0.920 bits per heavy atom. The number of hydrogen-bond donors (Lipinski definition) is 0. The maximum Gasteiger partial charge on any atom is 0.162 e. The van der Waals surface area contributed by atoms with Gasteiger partial charge in [0.1, 0.15) is 19.0 Å². The van der Waals surface area contributed by atoms with E-state index in [0.717, 1.165) is 11.3 Å². The molecule has 4 heteroatoms. The van der Waals surface area contributed by atoms with Gasteiger partial charge in [0.2, 0.25) is 0 Å². The summed E-state index contributed by atoms with van der Waals surface area (Å²) in [4.78, 5) is 0. The highest BCUT2D eigenvalue weighted by atomic mass is 16.5. The van der Waals surface area contributed by atoms with E-state index in [1.54, 1.807) is 25.3 Å². The van der Waals surface area contributed by atoms with Crippen molar-refractivity contribution in [1.82, 2.24) is 0 Å². The molecule has 25 heavy (non-hydrogen) atoms. The van der Waals surface area contributed by atoms with Gasteiger partial charge in [0.15, 0.2) is 11.5 Å². The Kier molecular flexibility index (Phi) is 5.93. The Morgan fingerprint density at radius 2 is 1.60 bits per heavy atom. The van der Waals surface area contributed by atoms with E-state index in [1.807, 2.05) is 0 Å². The van der Waals surface area contributed by atoms with Crippen LogP contribution >= 0.6 is 0 Å². The third kappa shape index (κ3) is 4.90. The molecule has 0 heterocycles. The number of nitrogens with zero attached hydrogens (tertiary/aromatic N) is 1. The van der Waals surface area contributed by atoms with Crippen molar-refractivity contribution in [3.63, 3.8) is 0 Å². The van der Waals surface area contributed by atoms with Crippen molar-refractivity contribution in [2.24, 2.45) is 0 Å². The highest BCUT2D eigenvalue weighted by Gasteiger charge is 2.19. The molecule has 0 unspecified atom stereocenters. The second kappa shape index (κ2) is 7.94. The van der Waals surface area contributed by atoms with Crippen LogP contribution in [0.25, 0.3) is 0 Å². The van der Waals surface area contributed by atoms with E-state index < -0.39 is 0 Å². The summed E-state index contributed by atoms with van der Waals surface area (Å²) < 4.78 is 17.0. The molecular formula is C21H25NO3. The molecule has 0 radical (unpaired) electrons. The first kappa shape index (κ1) is 18.7. The molecular weight excluding hydrogens is 314 g/mol. The summed E-state index contributed by atoms with van der Waals surface area (Å²) in [7, 11) is 1.56. The molecule has 0 spiro atoms. The molecule has 4 nitrogen and oxygen atoms in total. The fourth-order valence-corrected chi connectivity index (χ4v) is 2.53. The van der Waals surface area contributed by atoms with Crippen molar-refractivity contribution in [2.45, 2.75) is 33.1 Å². The molecule has 0 aromatic heterocycles. The van der Waals surface area contributed by atoms with Crippen LogP contribution in [-0.4, -0.2) is 20.3 Å². The minimum Gasteiger partial charge on any atom is -0.493 e. The molecule has 0 fully saturated rings. The monoisotopic (exact) mass is 339 g/mol. The molecule has 0 amide bonds. The van der Waals surface area contributed by atoms with Crippen molar-refractivity contribution in [3.8, 4) is 23.3 Å². The predicted octanol–water partition coefficient (Wildman–Crippen LogP) is 4.63. The summed E-state index contributed by atoms with van der Waals surface area (Å²) in [5, 5.41) is 8.94. The second-order valence-electron chi connectivity index (χ2n) is 6.92. The average molecular weight is 339 g/mol. The lowest BCUT2D eigenvalue weighted by molar-refractivity contribution is 0.208. The third-order valence-electron chi connectivity index (χ3n) is 3.84. The molecule has 0 bridgehead atoms. The molecule has 0 aliphatic heterocycles. The van der Waals surface area contributed by atoms with Crippen molar-refractivity contribution in [1.29, 1.82) is 5.26 Å². The molecule has 0 saturated carbocycles. The van der Waals surface area contributed by atoms with E-state index in [2.05, 4.69) is 52.0 Å². The molecule has 0 N–H and O–H groups in total. The largest absolute Gasteiger partial charge is 0.493 e. The first-order valence-electron chi connectivity index (χ1n) is 8.30. The first-order chi connectivity index (χ1) is 11.8. The van der Waals surface area contributed by atoms with Gasteiger partial charge >= 0.3 is 0 Å². The lowest BCUT2D eigenvalue weighted by Gasteiger charge is -2.23. The number of ether oxygens (including phenoxy) is 3. The van der Waals surface area contributed by atoms with Crippen LogP contribution in [0.3, 0.4) is 0 Å². The van der Waals surface area contributed by atoms with Crippen molar-refractivity contribution in [2.75, 3.05) is 20.3 Å². The highest BCUT2D eigenvalue weighted by molar-refractivity contribution is 5.46. The van der Waals surface area contributed by atoms with Crippen LogP contribution in [0.1, 0.15) is 37.5 Å². The van der Waals surface area contributed by atoms with Crippen molar-refractivity contribution in [3.05, 3.63) is 53.1 Å². The minimum absolute atomic E-state index is 0.0141. The predicted molar refractivity (Wildman–Crippen MR) is 98.6 cm³/mol. The molecule has 2 aromatic rings. The number of benzene rings is 2. The van der Waals surface area contributed by atoms with Gasteiger partial charge in [-0.2, -0.15) is 5.26 Å². The maximum atomic E-state index is 8.94. The summed E-state index contributed by atoms with van der Waals surface area (Å²) in [5.41, 5.74) is 2.89. The van der Waals surface area contributed by atoms with E-state index in [0.29, 0.717) is 30.3 Å². The Morgan fingerprint density at radius 3 is 2.20 bits per heavy atom. The van der Waals surface area contributed by atoms with Crippen LogP contribution in [0.4, 0.5) is 0 Å². The Balaban J connectivity index is 2.01. The van der Waals surface area contributed by atoms with E-state index in [9.17, 15) is 0 Å². The number of methoxy groups -OCH3 is 1. The standard InChI is InChI=1S/C21H25NO3/c1-15-6-8-17(21(2,3)4)19(12-15)25-11-10-24-18-9-7-16(14-22)13-20(18)23-5/h6-9,12-13H,10-11H2,1-5H3. The smallest absolute Gasteiger partial charge is 0.162 e. The molecule has 2 rings (SSSR count). The van der Waals surface area contributed by atoms with Gasteiger partial charge in [-0.3, -0.25) is 0 Å². The molecule has 2 aromatic carbocycles. The second-order valence-corrected chi connectivity index (χ2v) is 6.92. The lowest BCUT2D eigenvalue weighted by atomic mass is 9.86. The zero-order valence-electron chi connectivity index (χ0n) is 15.6. The van der Waals surface area contributed by atoms with Crippen LogP contribution in [0.5, 0.6) is 17.2 Å². The normalized spacial score (nSPS) is 10.9. The van der Waals surface area contributed by atoms with E-state index in [-0.39, 0.29) is 5.41 Å². The van der Waals surface area contributed by atoms with Crippen LogP contribution in [0.2, 0.25) is 0 Å². The number of rotatable bonds is 6. The van der Waals surface area contributed by atoms with Gasteiger partial charge in [-0.05, 0) is 41.7 Å². The van der Waals surface area contributed by atoms with Gasteiger partial charge in [0.05, 0.1) is 18.7 Å². The molecule has 0 aliphatic carbocycles. The Hall–Kier alpha value is -2.67. The third-order valence-corrected chi connectivity index (χ3v) is 3.84. The number of aryl methyl sites for hydroxylation is 1. The SMILES string of the molecule is COc1cc(C#N)ccc1OCCOc1cc(C)ccc1C(C)(C)C. The fraction of sp³-hybridized carbons (Fsp3) is 0.381. The lowest BCUT2D eigenvalue weighted by Crippen LogP contribution is -2.16. The van der Waals surface area contributed by atoms with Gasteiger partial charge < -0.3 is 14.2 Å². The minimum atomic E-state index is 0.0141. The summed E-state index contributed by atoms with van der Waals surface area (Å²) in [6.45, 7) is 9.38. The van der Waals surface area contributed by atoms with E-state index in [4.69, 9.17) is 19.5 Å². The van der Waals surface area contributed by atoms with Crippen LogP contribution in [0.15, 0.2) is 36.4 Å². The van der Waals surface area contributed by atoms with Gasteiger partial charge in [0.25, 0.3) is 0 Å². The van der Waals surface area contributed by atoms with Crippen molar-refractivity contribution < 1.29 is 14.2 Å². The molecule has 0 aliphatic rings. The fourth-order valence-electron chi connectivity index (χ4n) is 2.53. The topological polar surface area (TPSA) is 51.5 Å². The molecule has 132 valence electrons. The van der Waals surface area contributed by atoms with Crippen LogP contribution in [-0.2, 0) is 5.41 Å². The summed E-state index contributed by atoms with van der Waals surface area (Å²) in [5.74, 6) is 2.04. The Bertz CT molecular complexity index is 770. The van der Waals surface area contributed by atoms with Crippen LogP contribution in [0, 0.1) is 18.3 Å². The zero-order chi connectivity index (χ0) is 18.4. The molecule has 0 saturated heterocycles. The van der Waals surface area contributed by atoms with Gasteiger partial charge in [0, 0.05) is 6.07 Å². The van der Waals surface area contributed by atoms with Crippen LogP contribution < -0.4 is 14.2 Å². The van der Waals surface area contributed by atoms with E-state index >= 15 is 0 Å². The quantitative estimate of drug-likeness (QED) is 0.720. The average Bonchev–Trinajstić information content (AvgIpc) is 2.57. The first-order valence-corrected chi connectivity index (χ1v) is 8.30. The summed E-state index contributed by atoms with van der Waals surface area (Å²) >= 11 is 0.